The van der Waals surface area contributed by atoms with Crippen LogP contribution in [0, 0.1) is 5.92 Å². The van der Waals surface area contributed by atoms with Crippen molar-refractivity contribution < 1.29 is 19.4 Å². The van der Waals surface area contributed by atoms with Crippen LogP contribution in [0.5, 0.6) is 5.75 Å². The number of benzene rings is 1. The molecule has 20 heavy (non-hydrogen) atoms. The van der Waals surface area contributed by atoms with Crippen LogP contribution in [0.4, 0.5) is 5.69 Å². The van der Waals surface area contributed by atoms with E-state index in [1.54, 1.807) is 23.1 Å². The Labute approximate surface area is 117 Å². The van der Waals surface area contributed by atoms with Crippen LogP contribution in [0.25, 0.3) is 0 Å². The lowest BCUT2D eigenvalue weighted by molar-refractivity contribution is -0.143. The molecule has 1 aromatic carbocycles. The molecule has 1 saturated heterocycles. The van der Waals surface area contributed by atoms with Crippen LogP contribution in [0.1, 0.15) is 23.2 Å². The highest BCUT2D eigenvalue weighted by molar-refractivity contribution is 5.97. The van der Waals surface area contributed by atoms with Gasteiger partial charge in [-0.2, -0.15) is 0 Å². The second-order valence-corrected chi connectivity index (χ2v) is 4.89. The minimum atomic E-state index is -0.855. The Balaban J connectivity index is 2.20. The zero-order valence-electron chi connectivity index (χ0n) is 11.3. The highest BCUT2D eigenvalue weighted by Gasteiger charge is 2.29. The summed E-state index contributed by atoms with van der Waals surface area (Å²) in [5.74, 6) is -1.15. The van der Waals surface area contributed by atoms with Gasteiger partial charge in [0.2, 0.25) is 0 Å². The first-order chi connectivity index (χ1) is 9.52. The van der Waals surface area contributed by atoms with E-state index in [1.807, 2.05) is 0 Å². The molecule has 1 heterocycles. The number of hydrogen-bond acceptors (Lipinski definition) is 4. The quantitative estimate of drug-likeness (QED) is 0.811. The normalized spacial score (nSPS) is 18.6. The predicted octanol–water partition coefficient (Wildman–Crippen LogP) is 1.21. The highest BCUT2D eigenvalue weighted by atomic mass is 16.5. The molecule has 0 radical (unpaired) electrons. The molecule has 1 unspecified atom stereocenters. The largest absolute Gasteiger partial charge is 0.496 e. The lowest BCUT2D eigenvalue weighted by Crippen LogP contribution is -2.42. The van der Waals surface area contributed by atoms with Crippen molar-refractivity contribution in [2.45, 2.75) is 12.8 Å². The van der Waals surface area contributed by atoms with Gasteiger partial charge in [0.05, 0.1) is 18.6 Å². The van der Waals surface area contributed by atoms with Crippen LogP contribution in [0.15, 0.2) is 18.2 Å². The number of carboxylic acid groups (broad SMARTS) is 1. The smallest absolute Gasteiger partial charge is 0.308 e. The summed E-state index contributed by atoms with van der Waals surface area (Å²) >= 11 is 0. The molecule has 3 N–H and O–H groups in total. The number of carbonyl (C=O) groups is 2. The average molecular weight is 278 g/mol. The van der Waals surface area contributed by atoms with Gasteiger partial charge in [0.15, 0.2) is 0 Å². The molecule has 1 aliphatic heterocycles. The number of nitrogens with zero attached hydrogens (tertiary/aromatic N) is 1. The molecule has 6 heteroatoms. The van der Waals surface area contributed by atoms with E-state index in [-0.39, 0.29) is 12.5 Å². The summed E-state index contributed by atoms with van der Waals surface area (Å²) < 4.78 is 5.17. The SMILES string of the molecule is COc1cc(N)ccc1C(=O)N1CCCC(C(=O)O)C1. The summed E-state index contributed by atoms with van der Waals surface area (Å²) in [5, 5.41) is 9.07. The van der Waals surface area contributed by atoms with Crippen LogP contribution in [0.3, 0.4) is 0 Å². The first-order valence-corrected chi connectivity index (χ1v) is 6.48. The molecular formula is C14H18N2O4. The fraction of sp³-hybridized carbons (Fsp3) is 0.429. The van der Waals surface area contributed by atoms with E-state index in [0.29, 0.717) is 36.4 Å². The van der Waals surface area contributed by atoms with Crippen LogP contribution < -0.4 is 10.5 Å². The van der Waals surface area contributed by atoms with Crippen molar-refractivity contribution >= 4 is 17.6 Å². The van der Waals surface area contributed by atoms with Crippen LogP contribution >= 0.6 is 0 Å². The number of rotatable bonds is 3. The number of methoxy groups -OCH3 is 1. The Morgan fingerprint density at radius 1 is 1.45 bits per heavy atom. The number of amides is 1. The number of likely N-dealkylation sites (tertiary alicyclic amines) is 1. The van der Waals surface area contributed by atoms with Gasteiger partial charge in [0.25, 0.3) is 5.91 Å². The fourth-order valence-corrected chi connectivity index (χ4v) is 2.42. The number of nitrogen functional groups attached to an aromatic ring is 1. The predicted molar refractivity (Wildman–Crippen MR) is 73.7 cm³/mol. The number of nitrogens with two attached hydrogens (primary N) is 1. The van der Waals surface area contributed by atoms with Crippen molar-refractivity contribution in [2.24, 2.45) is 5.92 Å². The van der Waals surface area contributed by atoms with Crippen LogP contribution in [-0.2, 0) is 4.79 Å². The topological polar surface area (TPSA) is 92.9 Å². The van der Waals surface area contributed by atoms with Crippen LogP contribution in [0.2, 0.25) is 0 Å². The maximum atomic E-state index is 12.5. The lowest BCUT2D eigenvalue weighted by atomic mass is 9.97. The lowest BCUT2D eigenvalue weighted by Gasteiger charge is -2.31. The first-order valence-electron chi connectivity index (χ1n) is 6.48. The molecule has 1 atom stereocenters. The molecule has 1 amide bonds. The Bertz CT molecular complexity index is 530. The summed E-state index contributed by atoms with van der Waals surface area (Å²) in [5.41, 5.74) is 6.59. The molecule has 1 aliphatic rings. The van der Waals surface area contributed by atoms with Crippen molar-refractivity contribution in [1.82, 2.24) is 4.90 Å². The molecule has 0 aliphatic carbocycles. The summed E-state index contributed by atoms with van der Waals surface area (Å²) in [6.45, 7) is 0.803. The molecule has 1 aromatic rings. The Hall–Kier alpha value is -2.24. The molecule has 1 fully saturated rings. The van der Waals surface area contributed by atoms with E-state index in [1.165, 1.54) is 7.11 Å². The third kappa shape index (κ3) is 2.84. The van der Waals surface area contributed by atoms with Gasteiger partial charge < -0.3 is 20.5 Å². The monoisotopic (exact) mass is 278 g/mol. The van der Waals surface area contributed by atoms with Gasteiger partial charge in [-0.15, -0.1) is 0 Å². The zero-order chi connectivity index (χ0) is 14.7. The molecule has 108 valence electrons. The van der Waals surface area contributed by atoms with E-state index < -0.39 is 11.9 Å². The number of piperidine rings is 1. The van der Waals surface area contributed by atoms with Crippen molar-refractivity contribution in [1.29, 1.82) is 0 Å². The zero-order valence-corrected chi connectivity index (χ0v) is 11.3. The summed E-state index contributed by atoms with van der Waals surface area (Å²) in [6, 6.07) is 4.83. The van der Waals surface area contributed by atoms with Gasteiger partial charge in [-0.1, -0.05) is 0 Å². The van der Waals surface area contributed by atoms with E-state index in [2.05, 4.69) is 0 Å². The maximum Gasteiger partial charge on any atom is 0.308 e. The van der Waals surface area contributed by atoms with E-state index >= 15 is 0 Å². The molecule has 0 aromatic heterocycles. The number of ether oxygens (including phenoxy) is 1. The summed E-state index contributed by atoms with van der Waals surface area (Å²) in [7, 11) is 1.47. The van der Waals surface area contributed by atoms with Gasteiger partial charge in [0.1, 0.15) is 5.75 Å². The van der Waals surface area contributed by atoms with E-state index in [4.69, 9.17) is 15.6 Å². The van der Waals surface area contributed by atoms with Crippen LogP contribution in [-0.4, -0.2) is 42.1 Å². The van der Waals surface area contributed by atoms with Crippen molar-refractivity contribution in [3.8, 4) is 5.75 Å². The Morgan fingerprint density at radius 2 is 2.20 bits per heavy atom. The van der Waals surface area contributed by atoms with E-state index in [9.17, 15) is 9.59 Å². The molecule has 0 spiro atoms. The minimum absolute atomic E-state index is 0.215. The van der Waals surface area contributed by atoms with E-state index in [0.717, 1.165) is 0 Å². The molecule has 6 nitrogen and oxygen atoms in total. The summed E-state index contributed by atoms with van der Waals surface area (Å²) in [6.07, 6.45) is 1.30. The van der Waals surface area contributed by atoms with Crippen molar-refractivity contribution in [3.05, 3.63) is 23.8 Å². The number of carboxylic acids is 1. The number of aliphatic carboxylic acids is 1. The Kier molecular flexibility index (Phi) is 4.12. The van der Waals surface area contributed by atoms with Gasteiger partial charge in [-0.05, 0) is 25.0 Å². The molecule has 2 rings (SSSR count). The maximum absolute atomic E-state index is 12.5. The minimum Gasteiger partial charge on any atom is -0.496 e. The molecular weight excluding hydrogens is 260 g/mol. The fourth-order valence-electron chi connectivity index (χ4n) is 2.42. The number of anilines is 1. The van der Waals surface area contributed by atoms with Crippen molar-refractivity contribution in [3.63, 3.8) is 0 Å². The standard InChI is InChI=1S/C14H18N2O4/c1-20-12-7-10(15)4-5-11(12)13(17)16-6-2-3-9(8-16)14(18)19/h4-5,7,9H,2-3,6,8,15H2,1H3,(H,18,19). The summed E-state index contributed by atoms with van der Waals surface area (Å²) in [4.78, 5) is 25.1. The Morgan fingerprint density at radius 3 is 2.85 bits per heavy atom. The second-order valence-electron chi connectivity index (χ2n) is 4.89. The average Bonchev–Trinajstić information content (AvgIpc) is 2.46. The second kappa shape index (κ2) is 5.81. The molecule has 0 saturated carbocycles. The van der Waals surface area contributed by atoms with Gasteiger partial charge in [0, 0.05) is 24.8 Å². The third-order valence-electron chi connectivity index (χ3n) is 3.51. The third-order valence-corrected chi connectivity index (χ3v) is 3.51. The highest BCUT2D eigenvalue weighted by Crippen LogP contribution is 2.25. The van der Waals surface area contributed by atoms with Gasteiger partial charge in [-0.25, -0.2) is 0 Å². The van der Waals surface area contributed by atoms with Gasteiger partial charge in [-0.3, -0.25) is 9.59 Å². The first kappa shape index (κ1) is 14.2. The number of hydrogen-bond donors (Lipinski definition) is 2. The number of carbonyl (C=O) groups excluding carboxylic acids is 1. The van der Waals surface area contributed by atoms with Crippen molar-refractivity contribution in [2.75, 3.05) is 25.9 Å². The molecule has 0 bridgehead atoms. The van der Waals surface area contributed by atoms with Gasteiger partial charge >= 0.3 is 5.97 Å².